The molecule has 0 aliphatic rings. The minimum Gasteiger partial charge on any atom is -0.508 e. The lowest BCUT2D eigenvalue weighted by molar-refractivity contribution is 0.340. The number of ether oxygens (including phenoxy) is 2. The summed E-state index contributed by atoms with van der Waals surface area (Å²) in [6.07, 6.45) is 0. The van der Waals surface area contributed by atoms with Crippen molar-refractivity contribution in [3.05, 3.63) is 101 Å². The van der Waals surface area contributed by atoms with Gasteiger partial charge in [0.15, 0.2) is 0 Å². The third-order valence-electron chi connectivity index (χ3n) is 5.91. The zero-order valence-electron chi connectivity index (χ0n) is 23.6. The summed E-state index contributed by atoms with van der Waals surface area (Å²) < 4.78 is 10.8. The van der Waals surface area contributed by atoms with Crippen LogP contribution >= 0.6 is 23.2 Å². The van der Waals surface area contributed by atoms with Crippen LogP contribution < -0.4 is 14.8 Å². The highest BCUT2D eigenvalue weighted by molar-refractivity contribution is 6.30. The first-order chi connectivity index (χ1) is 20.4. The van der Waals surface area contributed by atoms with Crippen LogP contribution in [0.3, 0.4) is 0 Å². The molecule has 0 amide bonds. The lowest BCUT2D eigenvalue weighted by Gasteiger charge is -2.06. The van der Waals surface area contributed by atoms with Gasteiger partial charge in [-0.1, -0.05) is 23.2 Å². The van der Waals surface area contributed by atoms with E-state index in [4.69, 9.17) is 37.8 Å². The summed E-state index contributed by atoms with van der Waals surface area (Å²) in [4.78, 5) is 12.8. The number of hydrogen-bond acceptors (Lipinski definition) is 7. The number of benzene rings is 3. The Hall–Kier alpha value is -4.33. The van der Waals surface area contributed by atoms with Gasteiger partial charge in [-0.2, -0.15) is 0 Å². The topological polar surface area (TPSA) is 89.4 Å². The Balaban J connectivity index is 0.000000146. The molecular weight excluding hydrogens is 571 g/mol. The van der Waals surface area contributed by atoms with Crippen LogP contribution in [0.15, 0.2) is 91.0 Å². The second-order valence-electron chi connectivity index (χ2n) is 8.95. The Morgan fingerprint density at radius 1 is 0.595 bits per heavy atom. The van der Waals surface area contributed by atoms with Crippen molar-refractivity contribution in [1.29, 1.82) is 0 Å². The quantitative estimate of drug-likeness (QED) is 0.184. The van der Waals surface area contributed by atoms with Crippen molar-refractivity contribution in [2.45, 2.75) is 20.8 Å². The highest BCUT2D eigenvalue weighted by atomic mass is 35.5. The molecule has 0 atom stereocenters. The molecule has 0 aliphatic carbocycles. The number of anilines is 1. The zero-order valence-corrected chi connectivity index (χ0v) is 25.2. The first kappa shape index (κ1) is 30.6. The van der Waals surface area contributed by atoms with Gasteiger partial charge in [0.1, 0.15) is 33.4 Å². The Morgan fingerprint density at radius 2 is 1.07 bits per heavy atom. The van der Waals surface area contributed by atoms with Crippen molar-refractivity contribution in [3.8, 4) is 17.2 Å². The number of nitrogens with one attached hydrogen (secondary N) is 1. The van der Waals surface area contributed by atoms with E-state index in [1.807, 2.05) is 68.4 Å². The maximum atomic E-state index is 9.14. The van der Waals surface area contributed by atoms with E-state index in [1.54, 1.807) is 30.3 Å². The number of aromatic hydroxyl groups is 1. The van der Waals surface area contributed by atoms with E-state index in [2.05, 4.69) is 33.3 Å². The van der Waals surface area contributed by atoms with Crippen LogP contribution in [0.2, 0.25) is 10.3 Å². The number of phenolic OH excluding ortho intramolecular Hbond substituents is 1. The molecule has 0 saturated carbocycles. The molecule has 0 radical (unpaired) electrons. The molecule has 3 aromatic heterocycles. The molecule has 0 aliphatic heterocycles. The number of pyridine rings is 3. The number of halogens is 2. The minimum absolute atomic E-state index is 0.242. The zero-order chi connectivity index (χ0) is 29.9. The van der Waals surface area contributed by atoms with Crippen molar-refractivity contribution in [1.82, 2.24) is 15.0 Å². The molecule has 42 heavy (non-hydrogen) atoms. The second kappa shape index (κ2) is 15.1. The van der Waals surface area contributed by atoms with Gasteiger partial charge < -0.3 is 19.9 Å². The van der Waals surface area contributed by atoms with Gasteiger partial charge in [0.25, 0.3) is 0 Å². The van der Waals surface area contributed by atoms with Gasteiger partial charge in [0, 0.05) is 22.7 Å². The molecule has 0 unspecified atom stereocenters. The summed E-state index contributed by atoms with van der Waals surface area (Å²) in [6, 6.07) is 28.0. The van der Waals surface area contributed by atoms with Crippen LogP contribution in [0.25, 0.3) is 32.7 Å². The van der Waals surface area contributed by atoms with Crippen molar-refractivity contribution >= 4 is 61.7 Å². The molecule has 3 heterocycles. The maximum absolute atomic E-state index is 9.14. The van der Waals surface area contributed by atoms with Gasteiger partial charge in [0.05, 0.1) is 29.8 Å². The summed E-state index contributed by atoms with van der Waals surface area (Å²) >= 11 is 11.5. The van der Waals surface area contributed by atoms with Crippen molar-refractivity contribution in [2.24, 2.45) is 0 Å². The standard InChI is InChI=1S/C13H16N2O.C11H10ClNO.C9H6ClNO/c1-3-14-13-8-5-10-9-11(16-4-2)6-7-12(10)15-13;1-2-14-9-4-5-10-8(7-9)3-6-11(12)13-10;10-9-4-1-6-5-7(12)2-3-8(6)11-9/h5-9H,3-4H2,1-2H3,(H,14,15);3-7H,2H2,1H3;1-5,12H. The number of hydrogen-bond donors (Lipinski definition) is 2. The van der Waals surface area contributed by atoms with E-state index in [-0.39, 0.29) is 5.75 Å². The molecule has 2 N–H and O–H groups in total. The van der Waals surface area contributed by atoms with Gasteiger partial charge >= 0.3 is 0 Å². The lowest BCUT2D eigenvalue weighted by Crippen LogP contribution is -1.98. The molecule has 0 bridgehead atoms. The summed E-state index contributed by atoms with van der Waals surface area (Å²) in [7, 11) is 0. The van der Waals surface area contributed by atoms with E-state index in [9.17, 15) is 0 Å². The highest BCUT2D eigenvalue weighted by Gasteiger charge is 2.01. The molecule has 7 nitrogen and oxygen atoms in total. The fourth-order valence-electron chi connectivity index (χ4n) is 4.06. The van der Waals surface area contributed by atoms with E-state index in [0.717, 1.165) is 56.6 Å². The first-order valence-corrected chi connectivity index (χ1v) is 14.4. The Morgan fingerprint density at radius 3 is 1.60 bits per heavy atom. The van der Waals surface area contributed by atoms with E-state index in [1.165, 1.54) is 0 Å². The predicted molar refractivity (Wildman–Crippen MR) is 173 cm³/mol. The molecule has 6 rings (SSSR count). The number of aromatic nitrogens is 3. The minimum atomic E-state index is 0.242. The van der Waals surface area contributed by atoms with Crippen molar-refractivity contribution < 1.29 is 14.6 Å². The molecule has 0 saturated heterocycles. The van der Waals surface area contributed by atoms with Gasteiger partial charge in [-0.25, -0.2) is 15.0 Å². The fraction of sp³-hybridized carbons (Fsp3) is 0.182. The summed E-state index contributed by atoms with van der Waals surface area (Å²) in [5, 5.41) is 16.4. The SMILES string of the molecule is CCNc1ccc2cc(OCC)ccc2n1.CCOc1ccc2nc(Cl)ccc2c1.Oc1ccc2nc(Cl)ccc2c1. The third kappa shape index (κ3) is 8.59. The molecule has 9 heteroatoms. The largest absolute Gasteiger partial charge is 0.508 e. The van der Waals surface area contributed by atoms with Crippen LogP contribution in [0.5, 0.6) is 17.2 Å². The molecule has 216 valence electrons. The number of fused-ring (bicyclic) bond motifs is 3. The van der Waals surface area contributed by atoms with E-state index >= 15 is 0 Å². The van der Waals surface area contributed by atoms with Crippen LogP contribution in [0, 0.1) is 0 Å². The van der Waals surface area contributed by atoms with Gasteiger partial charge in [-0.3, -0.25) is 0 Å². The second-order valence-corrected chi connectivity index (χ2v) is 9.72. The van der Waals surface area contributed by atoms with Crippen LogP contribution in [0.4, 0.5) is 5.82 Å². The molecule has 3 aromatic carbocycles. The van der Waals surface area contributed by atoms with Gasteiger partial charge in [-0.15, -0.1) is 0 Å². The maximum Gasteiger partial charge on any atom is 0.129 e. The molecule has 0 spiro atoms. The normalized spacial score (nSPS) is 10.4. The Kier molecular flexibility index (Phi) is 11.0. The molecular formula is C33H32Cl2N4O3. The van der Waals surface area contributed by atoms with Gasteiger partial charge in [-0.05, 0) is 112 Å². The predicted octanol–water partition coefficient (Wildman–Crippen LogP) is 8.95. The van der Waals surface area contributed by atoms with Crippen molar-refractivity contribution in [2.75, 3.05) is 25.1 Å². The fourth-order valence-corrected chi connectivity index (χ4v) is 4.37. The Labute approximate surface area is 255 Å². The van der Waals surface area contributed by atoms with Crippen molar-refractivity contribution in [3.63, 3.8) is 0 Å². The smallest absolute Gasteiger partial charge is 0.129 e. The summed E-state index contributed by atoms with van der Waals surface area (Å²) in [5.41, 5.74) is 2.67. The average Bonchev–Trinajstić information content (AvgIpc) is 2.99. The lowest BCUT2D eigenvalue weighted by atomic mass is 10.2. The number of phenols is 1. The summed E-state index contributed by atoms with van der Waals surface area (Å²) in [6.45, 7) is 8.25. The van der Waals surface area contributed by atoms with E-state index in [0.29, 0.717) is 23.5 Å². The average molecular weight is 604 g/mol. The monoisotopic (exact) mass is 602 g/mol. The first-order valence-electron chi connectivity index (χ1n) is 13.6. The number of nitrogens with zero attached hydrogens (tertiary/aromatic N) is 3. The Bertz CT molecular complexity index is 1700. The van der Waals surface area contributed by atoms with Crippen LogP contribution in [-0.2, 0) is 0 Å². The molecule has 6 aromatic rings. The van der Waals surface area contributed by atoms with Crippen LogP contribution in [0.1, 0.15) is 20.8 Å². The van der Waals surface area contributed by atoms with Gasteiger partial charge in [0.2, 0.25) is 0 Å². The molecule has 0 fully saturated rings. The van der Waals surface area contributed by atoms with E-state index < -0.39 is 0 Å². The third-order valence-corrected chi connectivity index (χ3v) is 6.33. The summed E-state index contributed by atoms with van der Waals surface area (Å²) in [5.74, 6) is 2.92. The number of rotatable bonds is 6. The van der Waals surface area contributed by atoms with Crippen LogP contribution in [-0.4, -0.2) is 39.8 Å². The highest BCUT2D eigenvalue weighted by Crippen LogP contribution is 2.23.